The van der Waals surface area contributed by atoms with E-state index in [9.17, 15) is 24.3 Å². The smallest absolute Gasteiger partial charge is 0.424 e. The Labute approximate surface area is 238 Å². The summed E-state index contributed by atoms with van der Waals surface area (Å²) in [7, 11) is 0. The molecule has 0 aliphatic carbocycles. The molecule has 2 rings (SSSR count). The van der Waals surface area contributed by atoms with Crippen molar-refractivity contribution in [1.82, 2.24) is 9.80 Å². The Morgan fingerprint density at radius 1 is 0.821 bits per heavy atom. The van der Waals surface area contributed by atoms with E-state index >= 15 is 0 Å². The molecule has 0 aromatic heterocycles. The van der Waals surface area contributed by atoms with E-state index in [-0.39, 0.29) is 17.8 Å². The van der Waals surface area contributed by atoms with Crippen LogP contribution in [0.1, 0.15) is 78.2 Å². The number of imide groups is 1. The molecule has 0 bridgehead atoms. The van der Waals surface area contributed by atoms with Gasteiger partial charge in [0.1, 0.15) is 16.8 Å². The summed E-state index contributed by atoms with van der Waals surface area (Å²) in [6.07, 6.45) is -2.52. The number of rotatable bonds is 4. The van der Waals surface area contributed by atoms with E-state index in [4.69, 9.17) is 14.2 Å². The Hall–Kier alpha value is -2.86. The first kappa shape index (κ1) is 32.4. The van der Waals surface area contributed by atoms with Crippen LogP contribution in [-0.4, -0.2) is 82.1 Å². The van der Waals surface area contributed by atoms with E-state index in [0.29, 0.717) is 41.1 Å². The summed E-state index contributed by atoms with van der Waals surface area (Å²) in [6.45, 7) is 17.2. The van der Waals surface area contributed by atoms with Gasteiger partial charge in [0.15, 0.2) is 0 Å². The van der Waals surface area contributed by atoms with Crippen molar-refractivity contribution in [2.45, 2.75) is 85.7 Å². The van der Waals surface area contributed by atoms with Crippen molar-refractivity contribution in [3.63, 3.8) is 0 Å². The Morgan fingerprint density at radius 3 is 1.69 bits per heavy atom. The summed E-state index contributed by atoms with van der Waals surface area (Å²) < 4.78 is 16.9. The van der Waals surface area contributed by atoms with Crippen molar-refractivity contribution in [3.05, 3.63) is 27.7 Å². The molecule has 1 fully saturated rings. The van der Waals surface area contributed by atoms with Gasteiger partial charge in [0.2, 0.25) is 0 Å². The molecule has 0 spiro atoms. The minimum Gasteiger partial charge on any atom is -0.478 e. The number of carboxylic acid groups (broad SMARTS) is 1. The van der Waals surface area contributed by atoms with Gasteiger partial charge in [0.25, 0.3) is 0 Å². The topological polar surface area (TPSA) is 126 Å². The fourth-order valence-electron chi connectivity index (χ4n) is 3.73. The molecule has 11 nitrogen and oxygen atoms in total. The molecule has 0 atom stereocenters. The molecule has 1 aliphatic heterocycles. The summed E-state index contributed by atoms with van der Waals surface area (Å²) in [5, 5.41) is 10.1. The van der Waals surface area contributed by atoms with E-state index in [1.807, 2.05) is 4.90 Å². The number of carboxylic acids is 1. The van der Waals surface area contributed by atoms with E-state index in [1.54, 1.807) is 73.3 Å². The number of amides is 3. The molecule has 218 valence electrons. The van der Waals surface area contributed by atoms with Crippen LogP contribution in [0.3, 0.4) is 0 Å². The number of hydrogen-bond donors (Lipinski definition) is 1. The summed E-state index contributed by atoms with van der Waals surface area (Å²) >= 11 is 3.36. The molecule has 1 N–H and O–H groups in total. The number of piperazine rings is 1. The SMILES string of the molecule is CC(C)(C)OC(=O)N1CCN(Cc2cc(Br)cc(C(=O)O)c2N(C(=O)OC(C)(C)C)C(=O)OC(C)(C)C)CC1. The molecule has 0 unspecified atom stereocenters. The fourth-order valence-corrected chi connectivity index (χ4v) is 4.24. The maximum absolute atomic E-state index is 13.3. The van der Waals surface area contributed by atoms with Crippen LogP contribution in [0.5, 0.6) is 0 Å². The number of halogens is 1. The van der Waals surface area contributed by atoms with Crippen molar-refractivity contribution >= 4 is 45.9 Å². The van der Waals surface area contributed by atoms with E-state index in [1.165, 1.54) is 6.07 Å². The Kier molecular flexibility index (Phi) is 10.1. The van der Waals surface area contributed by atoms with Crippen LogP contribution in [0, 0.1) is 0 Å². The molecule has 0 radical (unpaired) electrons. The first-order chi connectivity index (χ1) is 17.7. The Balaban J connectivity index is 2.48. The van der Waals surface area contributed by atoms with Gasteiger partial charge < -0.3 is 24.2 Å². The van der Waals surface area contributed by atoms with Crippen LogP contribution in [0.4, 0.5) is 20.1 Å². The average molecular weight is 615 g/mol. The van der Waals surface area contributed by atoms with Crippen LogP contribution in [0.15, 0.2) is 16.6 Å². The molecular formula is C27H40BrN3O8. The quantitative estimate of drug-likeness (QED) is 0.414. The summed E-state index contributed by atoms with van der Waals surface area (Å²) in [5.74, 6) is -1.33. The van der Waals surface area contributed by atoms with Crippen molar-refractivity contribution in [1.29, 1.82) is 0 Å². The second kappa shape index (κ2) is 12.1. The first-order valence-electron chi connectivity index (χ1n) is 12.7. The third-order valence-electron chi connectivity index (χ3n) is 5.18. The lowest BCUT2D eigenvalue weighted by Crippen LogP contribution is -2.50. The van der Waals surface area contributed by atoms with Crippen LogP contribution in [0.25, 0.3) is 0 Å². The molecular weight excluding hydrogens is 574 g/mol. The highest BCUT2D eigenvalue weighted by Crippen LogP contribution is 2.34. The number of benzene rings is 1. The Morgan fingerprint density at radius 2 is 1.28 bits per heavy atom. The fraction of sp³-hybridized carbons (Fsp3) is 0.630. The number of carbonyl (C=O) groups excluding carboxylic acids is 3. The van der Waals surface area contributed by atoms with Gasteiger partial charge in [-0.15, -0.1) is 0 Å². The molecule has 1 heterocycles. The monoisotopic (exact) mass is 613 g/mol. The first-order valence-corrected chi connectivity index (χ1v) is 13.5. The highest BCUT2D eigenvalue weighted by atomic mass is 79.9. The minimum absolute atomic E-state index is 0.135. The molecule has 1 aromatic carbocycles. The maximum Gasteiger partial charge on any atom is 0.424 e. The van der Waals surface area contributed by atoms with Crippen molar-refractivity contribution in [2.24, 2.45) is 0 Å². The van der Waals surface area contributed by atoms with Gasteiger partial charge in [-0.05, 0) is 80.0 Å². The van der Waals surface area contributed by atoms with Gasteiger partial charge in [-0.25, -0.2) is 19.2 Å². The summed E-state index contributed by atoms with van der Waals surface area (Å²) in [4.78, 5) is 55.8. The molecule has 12 heteroatoms. The number of nitrogens with zero attached hydrogens (tertiary/aromatic N) is 3. The second-order valence-electron chi connectivity index (χ2n) is 12.3. The molecule has 0 saturated carbocycles. The third-order valence-corrected chi connectivity index (χ3v) is 5.64. The minimum atomic E-state index is -1.33. The molecule has 39 heavy (non-hydrogen) atoms. The lowest BCUT2D eigenvalue weighted by atomic mass is 10.0. The molecule has 3 amide bonds. The highest BCUT2D eigenvalue weighted by molar-refractivity contribution is 9.10. The number of carbonyl (C=O) groups is 4. The third kappa shape index (κ3) is 9.99. The van der Waals surface area contributed by atoms with E-state index < -0.39 is 41.1 Å². The largest absolute Gasteiger partial charge is 0.478 e. The standard InChI is InChI=1S/C27H40BrN3O8/c1-25(2,3)37-22(34)30-12-10-29(11-13-30)16-17-14-18(28)15-19(21(32)33)20(17)31(23(35)38-26(4,5)6)24(36)39-27(7,8)9/h14-15H,10-13,16H2,1-9H3,(H,32,33). The number of aromatic carboxylic acids is 1. The zero-order valence-corrected chi connectivity index (χ0v) is 25.8. The predicted octanol–water partition coefficient (Wildman–Crippen LogP) is 5.88. The molecule has 1 aromatic rings. The van der Waals surface area contributed by atoms with Crippen molar-refractivity contribution < 1.29 is 38.5 Å². The summed E-state index contributed by atoms with van der Waals surface area (Å²) in [6, 6.07) is 2.98. The van der Waals surface area contributed by atoms with E-state index in [2.05, 4.69) is 15.9 Å². The zero-order chi connectivity index (χ0) is 29.9. The maximum atomic E-state index is 13.3. The van der Waals surface area contributed by atoms with Crippen molar-refractivity contribution in [3.8, 4) is 0 Å². The van der Waals surface area contributed by atoms with Gasteiger partial charge in [-0.3, -0.25) is 4.90 Å². The van der Waals surface area contributed by atoms with Gasteiger partial charge in [0, 0.05) is 37.2 Å². The van der Waals surface area contributed by atoms with Crippen LogP contribution < -0.4 is 4.90 Å². The van der Waals surface area contributed by atoms with Crippen LogP contribution >= 0.6 is 15.9 Å². The second-order valence-corrected chi connectivity index (χ2v) is 13.2. The van der Waals surface area contributed by atoms with Gasteiger partial charge >= 0.3 is 24.2 Å². The average Bonchev–Trinajstić information content (AvgIpc) is 2.71. The lowest BCUT2D eigenvalue weighted by molar-refractivity contribution is 0.0137. The number of ether oxygens (including phenoxy) is 3. The normalized spacial score (nSPS) is 15.0. The van der Waals surface area contributed by atoms with E-state index in [0.717, 1.165) is 0 Å². The number of hydrogen-bond acceptors (Lipinski definition) is 8. The Bertz CT molecular complexity index is 1070. The van der Waals surface area contributed by atoms with Crippen molar-refractivity contribution in [2.75, 3.05) is 31.1 Å². The highest BCUT2D eigenvalue weighted by Gasteiger charge is 2.37. The predicted molar refractivity (Wildman–Crippen MR) is 149 cm³/mol. The van der Waals surface area contributed by atoms with Crippen LogP contribution in [-0.2, 0) is 20.8 Å². The van der Waals surface area contributed by atoms with Crippen LogP contribution in [0.2, 0.25) is 0 Å². The molecule has 1 saturated heterocycles. The molecule has 1 aliphatic rings. The van der Waals surface area contributed by atoms with Gasteiger partial charge in [0.05, 0.1) is 11.3 Å². The van der Waals surface area contributed by atoms with Gasteiger partial charge in [-0.1, -0.05) is 15.9 Å². The zero-order valence-electron chi connectivity index (χ0n) is 24.2. The van der Waals surface area contributed by atoms with Gasteiger partial charge in [-0.2, -0.15) is 4.90 Å². The number of anilines is 1. The lowest BCUT2D eigenvalue weighted by Gasteiger charge is -2.36. The summed E-state index contributed by atoms with van der Waals surface area (Å²) in [5.41, 5.74) is -2.56.